The Balaban J connectivity index is 1.17. The lowest BCUT2D eigenvalue weighted by atomic mass is 9.98. The molecule has 1 unspecified atom stereocenters. The molecule has 0 saturated heterocycles. The van der Waals surface area contributed by atoms with Gasteiger partial charge in [0.1, 0.15) is 55.9 Å². The molecule has 2 amide bonds. The molecule has 82 heavy (non-hydrogen) atoms. The first-order valence-corrected chi connectivity index (χ1v) is 30.5. The summed E-state index contributed by atoms with van der Waals surface area (Å²) < 4.78 is 154. The zero-order valence-electron chi connectivity index (χ0n) is 45.3. The molecule has 1 aliphatic rings. The number of nitrogens with zero attached hydrogens (tertiary/aromatic N) is 8. The van der Waals surface area contributed by atoms with Gasteiger partial charge < -0.3 is 29.6 Å². The molecular weight excluding hydrogens is 1150 g/mol. The Morgan fingerprint density at radius 1 is 0.524 bits per heavy atom. The van der Waals surface area contributed by atoms with E-state index < -0.39 is 73.8 Å². The van der Waals surface area contributed by atoms with E-state index in [1.165, 1.54) is 50.6 Å². The molecule has 0 saturated carbocycles. The Morgan fingerprint density at radius 2 is 0.951 bits per heavy atom. The van der Waals surface area contributed by atoms with Crippen LogP contribution in [0.4, 0.5) is 50.3 Å². The van der Waals surface area contributed by atoms with Gasteiger partial charge in [-0.1, -0.05) is 0 Å². The summed E-state index contributed by atoms with van der Waals surface area (Å²) >= 11 is 0. The van der Waals surface area contributed by atoms with Gasteiger partial charge in [0.25, 0.3) is 40.5 Å². The normalized spacial score (nSPS) is 14.5. The van der Waals surface area contributed by atoms with Crippen molar-refractivity contribution < 1.29 is 75.6 Å². The second-order valence-electron chi connectivity index (χ2n) is 18.4. The standard InChI is InChI=1S/C51H58N10O17S4/c1-29-21-41(56-60-45-23-33(5)43(27-47(45)77-15-9-17-79(63,64)65)58-54-37-13-11-35(75-7)25-49(37)81(69,70)71)31(3)19-39(29)52-51(62)53-40-20-32(4)42(22-30(40)2)57-61-46-24-34(6)44(28-48(46)78-16-10-18-80(66,67)68)59-55-38-14-12-36(76-8)26-50(38)82(72,73)74/h11-14,19-23,25-28,46H,9-10,15-18,24H2,1-8H3,(H2,52,53,62)(H,63,64,65)(H,66,67,68)(H,69,70,71)(H,72,73,74). The highest BCUT2D eigenvalue weighted by atomic mass is 32.2. The van der Waals surface area contributed by atoms with E-state index in [1.54, 1.807) is 71.9 Å². The third-order valence-electron chi connectivity index (χ3n) is 12.0. The Morgan fingerprint density at radius 3 is 1.44 bits per heavy atom. The average molecular weight is 1210 g/mol. The molecule has 0 radical (unpaired) electrons. The molecule has 6 N–H and O–H groups in total. The third kappa shape index (κ3) is 18.0. The van der Waals surface area contributed by atoms with Crippen LogP contribution >= 0.6 is 0 Å². The summed E-state index contributed by atoms with van der Waals surface area (Å²) in [6.07, 6.45) is 1.53. The van der Waals surface area contributed by atoms with Gasteiger partial charge in [-0.25, -0.2) is 4.79 Å². The van der Waals surface area contributed by atoms with E-state index >= 15 is 0 Å². The van der Waals surface area contributed by atoms with Crippen molar-refractivity contribution in [3.05, 3.63) is 124 Å². The van der Waals surface area contributed by atoms with Gasteiger partial charge in [-0.15, -0.1) is 15.3 Å². The minimum Gasteiger partial charge on any atom is -0.497 e. The highest BCUT2D eigenvalue weighted by Crippen LogP contribution is 2.40. The first-order chi connectivity index (χ1) is 38.4. The van der Waals surface area contributed by atoms with Crippen molar-refractivity contribution in [1.82, 2.24) is 0 Å². The van der Waals surface area contributed by atoms with Gasteiger partial charge in [0, 0.05) is 42.1 Å². The number of amides is 2. The molecule has 0 fully saturated rings. The van der Waals surface area contributed by atoms with Crippen LogP contribution in [0.25, 0.3) is 0 Å². The van der Waals surface area contributed by atoms with Gasteiger partial charge >= 0.3 is 6.03 Å². The fourth-order valence-electron chi connectivity index (χ4n) is 7.66. The van der Waals surface area contributed by atoms with E-state index in [0.717, 1.165) is 12.1 Å². The fraction of sp³-hybridized carbons (Fsp3) is 0.314. The summed E-state index contributed by atoms with van der Waals surface area (Å²) in [5, 5.41) is 40.2. The van der Waals surface area contributed by atoms with Crippen LogP contribution in [0.3, 0.4) is 0 Å². The van der Waals surface area contributed by atoms with Crippen molar-refractivity contribution in [2.24, 2.45) is 40.9 Å². The van der Waals surface area contributed by atoms with E-state index in [2.05, 4.69) is 51.5 Å². The number of hydrogen-bond acceptors (Lipinski definition) is 21. The minimum atomic E-state index is -4.73. The van der Waals surface area contributed by atoms with Crippen LogP contribution in [0.1, 0.15) is 54.0 Å². The SMILES string of the molecule is COc1ccc(N=NC2=C(C)CC(N=Nc3cc(C)c(NC(=O)Nc4cc(C)c(N=Nc5cc(C)c(N=Nc6ccc(OC)cc6S(=O)(=O)O)cc5OCCCS(=O)(=O)O)cc4C)cc3C)C(OCCCS(=O)(=O)O)=C2)c(S(=O)(=O)O)c1. The highest BCUT2D eigenvalue weighted by molar-refractivity contribution is 7.86. The number of rotatable bonds is 24. The van der Waals surface area contributed by atoms with Crippen LogP contribution < -0.4 is 24.8 Å². The summed E-state index contributed by atoms with van der Waals surface area (Å²) in [7, 11) is -15.4. The van der Waals surface area contributed by atoms with Crippen molar-refractivity contribution in [3.8, 4) is 17.2 Å². The number of nitrogens with one attached hydrogen (secondary N) is 2. The molecule has 31 heteroatoms. The molecule has 1 aliphatic carbocycles. The predicted molar refractivity (Wildman–Crippen MR) is 301 cm³/mol. The summed E-state index contributed by atoms with van der Waals surface area (Å²) in [6, 6.07) is 16.1. The van der Waals surface area contributed by atoms with Crippen LogP contribution in [-0.2, 0) is 45.2 Å². The monoisotopic (exact) mass is 1210 g/mol. The number of aryl methyl sites for hydroxylation is 5. The molecular formula is C51H58N10O17S4. The first-order valence-electron chi connectivity index (χ1n) is 24.4. The Hall–Kier alpha value is -7.91. The zero-order chi connectivity index (χ0) is 60.3. The molecule has 5 aromatic carbocycles. The summed E-state index contributed by atoms with van der Waals surface area (Å²) in [4.78, 5) is 12.4. The zero-order valence-corrected chi connectivity index (χ0v) is 48.6. The average Bonchev–Trinajstić information content (AvgIpc) is 3.61. The Labute approximate surface area is 473 Å². The van der Waals surface area contributed by atoms with Gasteiger partial charge in [0.15, 0.2) is 0 Å². The summed E-state index contributed by atoms with van der Waals surface area (Å²) in [5.41, 5.74) is 5.64. The summed E-state index contributed by atoms with van der Waals surface area (Å²) in [6.45, 7) is 10.1. The largest absolute Gasteiger partial charge is 0.497 e. The van der Waals surface area contributed by atoms with E-state index in [0.29, 0.717) is 56.1 Å². The van der Waals surface area contributed by atoms with Crippen molar-refractivity contribution in [3.63, 3.8) is 0 Å². The molecule has 0 spiro atoms. The first kappa shape index (κ1) is 63.3. The topological polar surface area (TPSA) is 394 Å². The van der Waals surface area contributed by atoms with Crippen molar-refractivity contribution in [2.75, 3.05) is 49.6 Å². The maximum atomic E-state index is 13.5. The second-order valence-corrected chi connectivity index (χ2v) is 24.4. The number of urea groups is 1. The molecule has 1 atom stereocenters. The molecule has 0 aliphatic heterocycles. The van der Waals surface area contributed by atoms with E-state index in [9.17, 15) is 56.7 Å². The van der Waals surface area contributed by atoms with Gasteiger partial charge in [0.05, 0.1) is 61.7 Å². The van der Waals surface area contributed by atoms with Crippen LogP contribution in [-0.4, -0.2) is 103 Å². The second kappa shape index (κ2) is 26.8. The van der Waals surface area contributed by atoms with Gasteiger partial charge in [-0.05, 0) is 142 Å². The maximum absolute atomic E-state index is 13.5. The molecule has 0 bridgehead atoms. The lowest BCUT2D eigenvalue weighted by molar-refractivity contribution is 0.190. The molecule has 0 aromatic heterocycles. The van der Waals surface area contributed by atoms with E-state index in [1.807, 2.05) is 0 Å². The van der Waals surface area contributed by atoms with Gasteiger partial charge in [-0.3, -0.25) is 18.2 Å². The number of hydrogen-bond donors (Lipinski definition) is 6. The fourth-order valence-corrected chi connectivity index (χ4v) is 9.90. The van der Waals surface area contributed by atoms with Gasteiger partial charge in [0.2, 0.25) is 0 Å². The highest BCUT2D eigenvalue weighted by Gasteiger charge is 2.25. The lowest BCUT2D eigenvalue weighted by Gasteiger charge is -2.22. The molecule has 438 valence electrons. The Kier molecular flexibility index (Phi) is 20.7. The van der Waals surface area contributed by atoms with Gasteiger partial charge in [-0.2, -0.15) is 59.2 Å². The number of anilines is 2. The minimum absolute atomic E-state index is 0.0670. The van der Waals surface area contributed by atoms with Crippen molar-refractivity contribution in [2.45, 2.75) is 76.6 Å². The number of benzene rings is 5. The quantitative estimate of drug-likeness (QED) is 0.0190. The van der Waals surface area contributed by atoms with Crippen molar-refractivity contribution >= 4 is 92.0 Å². The number of methoxy groups -OCH3 is 2. The molecule has 0 heterocycles. The third-order valence-corrected chi connectivity index (χ3v) is 15.4. The summed E-state index contributed by atoms with van der Waals surface area (Å²) in [5.74, 6) is -0.539. The molecule has 6 rings (SSSR count). The maximum Gasteiger partial charge on any atom is 0.323 e. The van der Waals surface area contributed by atoms with Crippen LogP contribution in [0.5, 0.6) is 17.2 Å². The number of carbonyl (C=O) groups excluding carboxylic acids is 1. The molecule has 5 aromatic rings. The number of ether oxygens (including phenoxy) is 4. The molecule has 27 nitrogen and oxygen atoms in total. The predicted octanol–water partition coefficient (Wildman–Crippen LogP) is 12.0. The van der Waals surface area contributed by atoms with Crippen LogP contribution in [0, 0.1) is 34.6 Å². The van der Waals surface area contributed by atoms with E-state index in [-0.39, 0.29) is 83.9 Å². The van der Waals surface area contributed by atoms with E-state index in [4.69, 9.17) is 18.9 Å². The number of carbonyl (C=O) groups is 1. The smallest absolute Gasteiger partial charge is 0.323 e. The lowest BCUT2D eigenvalue weighted by Crippen LogP contribution is -2.20. The van der Waals surface area contributed by atoms with Crippen LogP contribution in [0.15, 0.2) is 147 Å². The van der Waals surface area contributed by atoms with Crippen molar-refractivity contribution in [1.29, 1.82) is 0 Å². The Bertz CT molecular complexity index is 3940. The number of allylic oxidation sites excluding steroid dienone is 1. The van der Waals surface area contributed by atoms with Crippen LogP contribution in [0.2, 0.25) is 0 Å². The number of azo groups is 4.